The molecule has 1 nitrogen and oxygen atoms in total. The van der Waals surface area contributed by atoms with Gasteiger partial charge in [0.25, 0.3) is 0 Å². The van der Waals surface area contributed by atoms with Crippen LogP contribution in [0.1, 0.15) is 41.6 Å². The van der Waals surface area contributed by atoms with Gasteiger partial charge in [0.2, 0.25) is 0 Å². The van der Waals surface area contributed by atoms with Gasteiger partial charge in [-0.25, -0.2) is 0 Å². The molecule has 2 aromatic carbocycles. The zero-order chi connectivity index (χ0) is 13.0. The fraction of sp³-hybridized carbons (Fsp3) is 0.294. The van der Waals surface area contributed by atoms with E-state index in [9.17, 15) is 0 Å². The van der Waals surface area contributed by atoms with Crippen LogP contribution >= 0.6 is 0 Å². The van der Waals surface area contributed by atoms with Crippen LogP contribution in [-0.4, -0.2) is 0 Å². The van der Waals surface area contributed by atoms with Gasteiger partial charge in [-0.05, 0) is 35.6 Å². The van der Waals surface area contributed by atoms with Crippen LogP contribution in [0.5, 0.6) is 0 Å². The van der Waals surface area contributed by atoms with Crippen molar-refractivity contribution in [2.24, 2.45) is 5.73 Å². The predicted octanol–water partition coefficient (Wildman–Crippen LogP) is 4.00. The summed E-state index contributed by atoms with van der Waals surface area (Å²) >= 11 is 0. The zero-order valence-corrected chi connectivity index (χ0v) is 11.2. The molecule has 1 unspecified atom stereocenters. The van der Waals surface area contributed by atoms with Crippen molar-refractivity contribution in [2.75, 3.05) is 0 Å². The lowest BCUT2D eigenvalue weighted by Crippen LogP contribution is -2.13. The van der Waals surface area contributed by atoms with Crippen LogP contribution in [0.3, 0.4) is 0 Å². The molecule has 0 aliphatic rings. The first-order valence-electron chi connectivity index (χ1n) is 6.62. The molecule has 0 radical (unpaired) electrons. The molecule has 0 aliphatic heterocycles. The maximum absolute atomic E-state index is 6.34. The van der Waals surface area contributed by atoms with Crippen molar-refractivity contribution in [3.05, 3.63) is 70.8 Å². The summed E-state index contributed by atoms with van der Waals surface area (Å²) in [7, 11) is 0. The average molecular weight is 239 g/mol. The highest BCUT2D eigenvalue weighted by atomic mass is 14.6. The van der Waals surface area contributed by atoms with Gasteiger partial charge in [-0.15, -0.1) is 0 Å². The first-order chi connectivity index (χ1) is 8.72. The molecule has 0 fully saturated rings. The summed E-state index contributed by atoms with van der Waals surface area (Å²) in [6.07, 6.45) is 2.32. The lowest BCUT2D eigenvalue weighted by atomic mass is 9.95. The van der Waals surface area contributed by atoms with Crippen molar-refractivity contribution in [1.29, 1.82) is 0 Å². The summed E-state index contributed by atoms with van der Waals surface area (Å²) in [4.78, 5) is 0. The summed E-state index contributed by atoms with van der Waals surface area (Å²) in [5.41, 5.74) is 11.4. The van der Waals surface area contributed by atoms with Crippen molar-refractivity contribution < 1.29 is 0 Å². The normalized spacial score (nSPS) is 12.4. The largest absolute Gasteiger partial charge is 0.320 e. The van der Waals surface area contributed by atoms with Gasteiger partial charge in [0.15, 0.2) is 0 Å². The smallest absolute Gasteiger partial charge is 0.0554 e. The minimum absolute atomic E-state index is 0.0260. The van der Waals surface area contributed by atoms with Gasteiger partial charge in [0.1, 0.15) is 0 Å². The molecule has 0 saturated carbocycles. The second-order valence-electron chi connectivity index (χ2n) is 4.83. The number of hydrogen-bond acceptors (Lipinski definition) is 1. The Morgan fingerprint density at radius 1 is 1.00 bits per heavy atom. The highest BCUT2D eigenvalue weighted by Gasteiger charge is 2.10. The quantitative estimate of drug-likeness (QED) is 0.857. The molecular formula is C17H21N. The number of hydrogen-bond donors (Lipinski definition) is 1. The van der Waals surface area contributed by atoms with Crippen molar-refractivity contribution in [2.45, 2.75) is 32.7 Å². The van der Waals surface area contributed by atoms with E-state index in [0.29, 0.717) is 0 Å². The molecule has 0 heterocycles. The van der Waals surface area contributed by atoms with Gasteiger partial charge in [-0.3, -0.25) is 0 Å². The summed E-state index contributed by atoms with van der Waals surface area (Å²) in [5, 5.41) is 0. The standard InChI is InChI=1S/C17H21N/c1-3-6-14-9-11-15(12-10-14)17(18)16-8-5-4-7-13(16)2/h4-5,7-12,17H,3,6,18H2,1-2H3. The van der Waals surface area contributed by atoms with E-state index in [1.807, 2.05) is 6.07 Å². The molecule has 2 rings (SSSR count). The molecule has 2 aromatic rings. The number of nitrogens with two attached hydrogens (primary N) is 1. The fourth-order valence-corrected chi connectivity index (χ4v) is 2.30. The van der Waals surface area contributed by atoms with Crippen LogP contribution in [0.15, 0.2) is 48.5 Å². The summed E-state index contributed by atoms with van der Waals surface area (Å²) in [5.74, 6) is 0. The van der Waals surface area contributed by atoms with Crippen LogP contribution in [0.4, 0.5) is 0 Å². The highest BCUT2D eigenvalue weighted by Crippen LogP contribution is 2.22. The number of aryl methyl sites for hydroxylation is 2. The molecular weight excluding hydrogens is 218 g/mol. The molecule has 1 atom stereocenters. The van der Waals surface area contributed by atoms with E-state index in [1.54, 1.807) is 0 Å². The van der Waals surface area contributed by atoms with Crippen LogP contribution in [0.2, 0.25) is 0 Å². The van der Waals surface area contributed by atoms with Gasteiger partial charge in [0.05, 0.1) is 6.04 Å². The van der Waals surface area contributed by atoms with E-state index in [2.05, 4.69) is 56.3 Å². The van der Waals surface area contributed by atoms with Gasteiger partial charge < -0.3 is 5.73 Å². The monoisotopic (exact) mass is 239 g/mol. The molecule has 0 aromatic heterocycles. The molecule has 1 heteroatoms. The number of rotatable bonds is 4. The third kappa shape index (κ3) is 2.80. The SMILES string of the molecule is CCCc1ccc(C(N)c2ccccc2C)cc1. The predicted molar refractivity (Wildman–Crippen MR) is 77.6 cm³/mol. The summed E-state index contributed by atoms with van der Waals surface area (Å²) < 4.78 is 0. The second-order valence-corrected chi connectivity index (χ2v) is 4.83. The van der Waals surface area contributed by atoms with Crippen molar-refractivity contribution in [1.82, 2.24) is 0 Å². The Bertz CT molecular complexity index is 499. The molecule has 94 valence electrons. The number of benzene rings is 2. The first kappa shape index (κ1) is 12.8. The lowest BCUT2D eigenvalue weighted by molar-refractivity contribution is 0.856. The second kappa shape index (κ2) is 5.83. The first-order valence-corrected chi connectivity index (χ1v) is 6.62. The maximum Gasteiger partial charge on any atom is 0.0554 e. The molecule has 0 amide bonds. The van der Waals surface area contributed by atoms with E-state index < -0.39 is 0 Å². The van der Waals surface area contributed by atoms with Crippen molar-refractivity contribution in [3.63, 3.8) is 0 Å². The van der Waals surface area contributed by atoms with E-state index in [-0.39, 0.29) is 6.04 Å². The van der Waals surface area contributed by atoms with E-state index >= 15 is 0 Å². The Morgan fingerprint density at radius 2 is 1.67 bits per heavy atom. The van der Waals surface area contributed by atoms with Crippen LogP contribution in [0, 0.1) is 6.92 Å². The third-order valence-corrected chi connectivity index (χ3v) is 3.40. The van der Waals surface area contributed by atoms with E-state index in [4.69, 9.17) is 5.73 Å². The molecule has 2 N–H and O–H groups in total. The maximum atomic E-state index is 6.34. The van der Waals surface area contributed by atoms with Gasteiger partial charge in [-0.1, -0.05) is 61.9 Å². The Hall–Kier alpha value is -1.60. The fourth-order valence-electron chi connectivity index (χ4n) is 2.30. The van der Waals surface area contributed by atoms with Gasteiger partial charge in [-0.2, -0.15) is 0 Å². The molecule has 0 bridgehead atoms. The molecule has 18 heavy (non-hydrogen) atoms. The average Bonchev–Trinajstić information content (AvgIpc) is 2.40. The third-order valence-electron chi connectivity index (χ3n) is 3.40. The van der Waals surface area contributed by atoms with Crippen LogP contribution in [-0.2, 0) is 6.42 Å². The minimum Gasteiger partial charge on any atom is -0.320 e. The lowest BCUT2D eigenvalue weighted by Gasteiger charge is -2.15. The van der Waals surface area contributed by atoms with Crippen LogP contribution < -0.4 is 5.73 Å². The summed E-state index contributed by atoms with van der Waals surface area (Å²) in [6, 6.07) is 17.0. The van der Waals surface area contributed by atoms with E-state index in [0.717, 1.165) is 6.42 Å². The van der Waals surface area contributed by atoms with Crippen LogP contribution in [0.25, 0.3) is 0 Å². The van der Waals surface area contributed by atoms with Crippen molar-refractivity contribution >= 4 is 0 Å². The highest BCUT2D eigenvalue weighted by molar-refractivity contribution is 5.37. The van der Waals surface area contributed by atoms with E-state index in [1.165, 1.54) is 28.7 Å². The Labute approximate surface area is 110 Å². The minimum atomic E-state index is -0.0260. The molecule has 0 spiro atoms. The molecule has 0 aliphatic carbocycles. The Morgan fingerprint density at radius 3 is 2.28 bits per heavy atom. The van der Waals surface area contributed by atoms with Crippen molar-refractivity contribution in [3.8, 4) is 0 Å². The molecule has 0 saturated heterocycles. The van der Waals surface area contributed by atoms with Gasteiger partial charge in [0, 0.05) is 0 Å². The Kier molecular flexibility index (Phi) is 4.16. The zero-order valence-electron chi connectivity index (χ0n) is 11.2. The van der Waals surface area contributed by atoms with Gasteiger partial charge >= 0.3 is 0 Å². The summed E-state index contributed by atoms with van der Waals surface area (Å²) in [6.45, 7) is 4.31. The Balaban J connectivity index is 2.23. The topological polar surface area (TPSA) is 26.0 Å².